The summed E-state index contributed by atoms with van der Waals surface area (Å²) in [6, 6.07) is 8.93. The Bertz CT molecular complexity index is 702. The molecule has 21 heavy (non-hydrogen) atoms. The van der Waals surface area contributed by atoms with Crippen LogP contribution in [0.25, 0.3) is 0 Å². The predicted molar refractivity (Wildman–Crippen MR) is 75.0 cm³/mol. The van der Waals surface area contributed by atoms with Crippen LogP contribution in [0.15, 0.2) is 36.4 Å². The van der Waals surface area contributed by atoms with Crippen LogP contribution in [0.2, 0.25) is 0 Å². The van der Waals surface area contributed by atoms with Crippen LogP contribution in [0.5, 0.6) is 17.4 Å². The normalized spacial score (nSPS) is 9.95. The maximum absolute atomic E-state index is 10.9. The Hall–Kier alpha value is -3.16. The highest BCUT2D eigenvalue weighted by Crippen LogP contribution is 2.32. The molecule has 8 heteroatoms. The van der Waals surface area contributed by atoms with Gasteiger partial charge in [0.05, 0.1) is 18.1 Å². The Morgan fingerprint density at radius 3 is 2.76 bits per heavy atom. The molecular formula is C13H12N4O4. The number of ether oxygens (including phenoxy) is 2. The van der Waals surface area contributed by atoms with Crippen molar-refractivity contribution in [1.29, 1.82) is 5.41 Å². The summed E-state index contributed by atoms with van der Waals surface area (Å²) in [6.07, 6.45) is 0. The smallest absolute Gasteiger partial charge is 0.314 e. The summed E-state index contributed by atoms with van der Waals surface area (Å²) >= 11 is 0. The first-order chi connectivity index (χ1) is 10.0. The number of nitrogens with two attached hydrogens (primary N) is 1. The molecule has 3 N–H and O–H groups in total. The van der Waals surface area contributed by atoms with Crippen molar-refractivity contribution in [3.05, 3.63) is 52.2 Å². The van der Waals surface area contributed by atoms with Crippen molar-refractivity contribution in [1.82, 2.24) is 4.98 Å². The van der Waals surface area contributed by atoms with E-state index in [1.165, 1.54) is 25.3 Å². The first-order valence-corrected chi connectivity index (χ1v) is 5.83. The fourth-order valence-corrected chi connectivity index (χ4v) is 1.62. The zero-order valence-electron chi connectivity index (χ0n) is 11.1. The molecule has 0 unspecified atom stereocenters. The number of amidine groups is 1. The van der Waals surface area contributed by atoms with Crippen LogP contribution in [-0.2, 0) is 0 Å². The van der Waals surface area contributed by atoms with Crippen LogP contribution < -0.4 is 15.2 Å². The molecule has 0 fully saturated rings. The van der Waals surface area contributed by atoms with Crippen molar-refractivity contribution in [2.45, 2.75) is 0 Å². The molecular weight excluding hydrogens is 276 g/mol. The summed E-state index contributed by atoms with van der Waals surface area (Å²) in [4.78, 5) is 14.4. The number of hydrogen-bond donors (Lipinski definition) is 2. The molecule has 0 aliphatic carbocycles. The van der Waals surface area contributed by atoms with Crippen molar-refractivity contribution >= 4 is 11.5 Å². The van der Waals surface area contributed by atoms with E-state index in [1.807, 2.05) is 0 Å². The third-order valence-electron chi connectivity index (χ3n) is 2.57. The minimum absolute atomic E-state index is 0.137. The number of nitrogens with zero attached hydrogens (tertiary/aromatic N) is 2. The molecule has 1 aromatic carbocycles. The first-order valence-electron chi connectivity index (χ1n) is 5.83. The second-order valence-electron chi connectivity index (χ2n) is 3.97. The fourth-order valence-electron chi connectivity index (χ4n) is 1.62. The van der Waals surface area contributed by atoms with E-state index in [9.17, 15) is 10.1 Å². The highest BCUT2D eigenvalue weighted by atomic mass is 16.6. The van der Waals surface area contributed by atoms with Gasteiger partial charge in [-0.15, -0.1) is 0 Å². The SMILES string of the molecule is COc1ccc(Oc2cccc(C(=N)N)n2)cc1[N+](=O)[O-]. The van der Waals surface area contributed by atoms with Crippen molar-refractivity contribution in [3.8, 4) is 17.4 Å². The van der Waals surface area contributed by atoms with Gasteiger partial charge in [0.15, 0.2) is 5.75 Å². The lowest BCUT2D eigenvalue weighted by Gasteiger charge is -2.07. The molecule has 8 nitrogen and oxygen atoms in total. The predicted octanol–water partition coefficient (Wildman–Crippen LogP) is 2.07. The average Bonchev–Trinajstić information content (AvgIpc) is 2.47. The van der Waals surface area contributed by atoms with E-state index in [2.05, 4.69) is 4.98 Å². The Morgan fingerprint density at radius 2 is 2.14 bits per heavy atom. The van der Waals surface area contributed by atoms with Gasteiger partial charge in [-0.1, -0.05) is 6.07 Å². The summed E-state index contributed by atoms with van der Waals surface area (Å²) in [5.74, 6) is 0.358. The maximum atomic E-state index is 10.9. The number of nitro groups is 1. The molecule has 0 saturated carbocycles. The Balaban J connectivity index is 2.31. The van der Waals surface area contributed by atoms with E-state index in [4.69, 9.17) is 20.6 Å². The van der Waals surface area contributed by atoms with Gasteiger partial charge in [0.1, 0.15) is 17.3 Å². The number of pyridine rings is 1. The number of benzene rings is 1. The molecule has 0 aliphatic rings. The van der Waals surface area contributed by atoms with Gasteiger partial charge in [-0.25, -0.2) is 4.98 Å². The monoisotopic (exact) mass is 288 g/mol. The number of aromatic nitrogens is 1. The number of hydrogen-bond acceptors (Lipinski definition) is 6. The molecule has 0 aliphatic heterocycles. The molecule has 108 valence electrons. The lowest BCUT2D eigenvalue weighted by Crippen LogP contribution is -2.13. The van der Waals surface area contributed by atoms with E-state index >= 15 is 0 Å². The summed E-state index contributed by atoms with van der Waals surface area (Å²) in [6.45, 7) is 0. The molecule has 0 radical (unpaired) electrons. The topological polar surface area (TPSA) is 124 Å². The number of nitrogens with one attached hydrogen (secondary N) is 1. The Kier molecular flexibility index (Phi) is 3.98. The molecule has 0 atom stereocenters. The molecule has 1 heterocycles. The van der Waals surface area contributed by atoms with Gasteiger partial charge in [0.25, 0.3) is 0 Å². The summed E-state index contributed by atoms with van der Waals surface area (Å²) in [7, 11) is 1.35. The minimum Gasteiger partial charge on any atom is -0.490 e. The largest absolute Gasteiger partial charge is 0.490 e. The molecule has 0 spiro atoms. The zero-order valence-corrected chi connectivity index (χ0v) is 11.1. The van der Waals surface area contributed by atoms with Crippen LogP contribution in [0.1, 0.15) is 5.69 Å². The fraction of sp³-hybridized carbons (Fsp3) is 0.0769. The standard InChI is InChI=1S/C13H12N4O4/c1-20-11-6-5-8(7-10(11)17(18)19)21-12-4-2-3-9(16-12)13(14)15/h2-7H,1H3,(H3,14,15). The van der Waals surface area contributed by atoms with Crippen molar-refractivity contribution in [2.75, 3.05) is 7.11 Å². The van der Waals surface area contributed by atoms with Crippen LogP contribution in [0.3, 0.4) is 0 Å². The molecule has 2 rings (SSSR count). The maximum Gasteiger partial charge on any atom is 0.314 e. The number of rotatable bonds is 5. The van der Waals surface area contributed by atoms with Gasteiger partial charge >= 0.3 is 5.69 Å². The second-order valence-corrected chi connectivity index (χ2v) is 3.97. The van der Waals surface area contributed by atoms with E-state index in [-0.39, 0.29) is 34.6 Å². The minimum atomic E-state index is -0.564. The molecule has 0 amide bonds. The third-order valence-corrected chi connectivity index (χ3v) is 2.57. The lowest BCUT2D eigenvalue weighted by molar-refractivity contribution is -0.385. The average molecular weight is 288 g/mol. The lowest BCUT2D eigenvalue weighted by atomic mass is 10.3. The van der Waals surface area contributed by atoms with Gasteiger partial charge in [0.2, 0.25) is 5.88 Å². The summed E-state index contributed by atoms with van der Waals surface area (Å²) in [5.41, 5.74) is 5.39. The van der Waals surface area contributed by atoms with Gasteiger partial charge < -0.3 is 15.2 Å². The highest BCUT2D eigenvalue weighted by molar-refractivity contribution is 5.93. The van der Waals surface area contributed by atoms with Crippen molar-refractivity contribution in [3.63, 3.8) is 0 Å². The van der Waals surface area contributed by atoms with Gasteiger partial charge in [-0.05, 0) is 18.2 Å². The van der Waals surface area contributed by atoms with Crippen LogP contribution in [0, 0.1) is 15.5 Å². The quantitative estimate of drug-likeness (QED) is 0.375. The van der Waals surface area contributed by atoms with Crippen LogP contribution >= 0.6 is 0 Å². The number of methoxy groups -OCH3 is 1. The zero-order chi connectivity index (χ0) is 15.4. The third kappa shape index (κ3) is 3.24. The van der Waals surface area contributed by atoms with Crippen LogP contribution in [0.4, 0.5) is 5.69 Å². The highest BCUT2D eigenvalue weighted by Gasteiger charge is 2.16. The van der Waals surface area contributed by atoms with Gasteiger partial charge in [-0.3, -0.25) is 15.5 Å². The number of nitro benzene ring substituents is 1. The second kappa shape index (κ2) is 5.87. The Morgan fingerprint density at radius 1 is 1.38 bits per heavy atom. The van der Waals surface area contributed by atoms with E-state index in [0.29, 0.717) is 0 Å². The Labute approximate surface area is 119 Å². The summed E-state index contributed by atoms with van der Waals surface area (Å²) in [5, 5.41) is 18.2. The van der Waals surface area contributed by atoms with Gasteiger partial charge in [0, 0.05) is 6.07 Å². The van der Waals surface area contributed by atoms with E-state index in [1.54, 1.807) is 18.2 Å². The molecule has 0 saturated heterocycles. The van der Waals surface area contributed by atoms with Crippen molar-refractivity contribution < 1.29 is 14.4 Å². The van der Waals surface area contributed by atoms with Crippen LogP contribution in [-0.4, -0.2) is 22.9 Å². The number of nitrogen functional groups attached to an aromatic ring is 1. The van der Waals surface area contributed by atoms with Crippen molar-refractivity contribution in [2.24, 2.45) is 5.73 Å². The molecule has 0 bridgehead atoms. The molecule has 1 aromatic heterocycles. The summed E-state index contributed by atoms with van der Waals surface area (Å²) < 4.78 is 10.3. The van der Waals surface area contributed by atoms with E-state index in [0.717, 1.165) is 0 Å². The molecule has 2 aromatic rings. The first kappa shape index (κ1) is 14.3. The van der Waals surface area contributed by atoms with Gasteiger partial charge in [-0.2, -0.15) is 0 Å². The van der Waals surface area contributed by atoms with E-state index < -0.39 is 4.92 Å².